The van der Waals surface area contributed by atoms with Crippen LogP contribution >= 0.6 is 0 Å². The zero-order chi connectivity index (χ0) is 10.7. The van der Waals surface area contributed by atoms with E-state index < -0.39 is 0 Å². The number of hydrogen-bond acceptors (Lipinski definition) is 4. The Morgan fingerprint density at radius 2 is 2.67 bits per heavy atom. The first-order valence-corrected chi connectivity index (χ1v) is 5.32. The number of hydrazine groups is 1. The van der Waals surface area contributed by atoms with Crippen LogP contribution in [0.4, 0.5) is 0 Å². The summed E-state index contributed by atoms with van der Waals surface area (Å²) in [5, 5.41) is 4.15. The molecule has 0 saturated carbocycles. The third-order valence-corrected chi connectivity index (χ3v) is 2.92. The van der Waals surface area contributed by atoms with Crippen molar-refractivity contribution in [1.29, 1.82) is 0 Å². The molecule has 0 aromatic carbocycles. The molecule has 0 bridgehead atoms. The highest BCUT2D eigenvalue weighted by atomic mass is 16.5. The Labute approximate surface area is 89.6 Å². The number of nitrogens with two attached hydrogens (primary N) is 1. The fourth-order valence-electron chi connectivity index (χ4n) is 2.02. The van der Waals surface area contributed by atoms with Crippen molar-refractivity contribution < 1.29 is 4.74 Å². The van der Waals surface area contributed by atoms with Gasteiger partial charge in [-0.2, -0.15) is 5.10 Å². The molecule has 1 aliphatic rings. The number of aryl methyl sites for hydroxylation is 1. The van der Waals surface area contributed by atoms with Crippen molar-refractivity contribution >= 4 is 0 Å². The van der Waals surface area contributed by atoms with Crippen molar-refractivity contribution in [2.24, 2.45) is 18.8 Å². The van der Waals surface area contributed by atoms with Crippen molar-refractivity contribution in [3.63, 3.8) is 0 Å². The molecule has 2 unspecified atom stereocenters. The van der Waals surface area contributed by atoms with Gasteiger partial charge in [0.1, 0.15) is 0 Å². The summed E-state index contributed by atoms with van der Waals surface area (Å²) in [6, 6.07) is 0.186. The molecule has 0 amide bonds. The van der Waals surface area contributed by atoms with Crippen LogP contribution in [-0.2, 0) is 11.8 Å². The van der Waals surface area contributed by atoms with Gasteiger partial charge in [-0.15, -0.1) is 0 Å². The van der Waals surface area contributed by atoms with Crippen molar-refractivity contribution in [2.75, 3.05) is 13.2 Å². The summed E-state index contributed by atoms with van der Waals surface area (Å²) >= 11 is 0. The second-order valence-electron chi connectivity index (χ2n) is 4.13. The molecule has 1 aromatic heterocycles. The molecular weight excluding hydrogens is 192 g/mol. The first-order chi connectivity index (χ1) is 7.29. The van der Waals surface area contributed by atoms with Crippen LogP contribution in [-0.4, -0.2) is 23.0 Å². The van der Waals surface area contributed by atoms with Crippen LogP contribution in [0.15, 0.2) is 12.4 Å². The van der Waals surface area contributed by atoms with Crippen molar-refractivity contribution in [3.8, 4) is 0 Å². The lowest BCUT2D eigenvalue weighted by molar-refractivity contribution is 0.181. The first kappa shape index (κ1) is 10.6. The summed E-state index contributed by atoms with van der Waals surface area (Å²) in [5.41, 5.74) is 3.99. The summed E-state index contributed by atoms with van der Waals surface area (Å²) in [5.74, 6) is 6.18. The van der Waals surface area contributed by atoms with Gasteiger partial charge in [0.05, 0.1) is 6.20 Å². The second-order valence-corrected chi connectivity index (χ2v) is 4.13. The molecule has 84 valence electrons. The van der Waals surface area contributed by atoms with Gasteiger partial charge in [-0.05, 0) is 18.8 Å². The maximum atomic E-state index is 5.56. The molecule has 5 nitrogen and oxygen atoms in total. The van der Waals surface area contributed by atoms with Crippen molar-refractivity contribution in [2.45, 2.75) is 18.9 Å². The SMILES string of the molecule is Cn1cc(C(CC2CCOC2)NN)cn1. The van der Waals surface area contributed by atoms with E-state index >= 15 is 0 Å². The van der Waals surface area contributed by atoms with Gasteiger partial charge in [-0.1, -0.05) is 0 Å². The van der Waals surface area contributed by atoms with E-state index in [4.69, 9.17) is 10.6 Å². The van der Waals surface area contributed by atoms with E-state index in [1.165, 1.54) is 0 Å². The molecule has 0 radical (unpaired) electrons. The van der Waals surface area contributed by atoms with Gasteiger partial charge in [0.2, 0.25) is 0 Å². The second kappa shape index (κ2) is 4.74. The molecule has 2 rings (SSSR count). The number of rotatable bonds is 4. The maximum absolute atomic E-state index is 5.56. The fourth-order valence-corrected chi connectivity index (χ4v) is 2.02. The predicted molar refractivity (Wildman–Crippen MR) is 56.8 cm³/mol. The van der Waals surface area contributed by atoms with Crippen molar-refractivity contribution in [1.82, 2.24) is 15.2 Å². The monoisotopic (exact) mass is 210 g/mol. The van der Waals surface area contributed by atoms with Crippen LogP contribution in [0.3, 0.4) is 0 Å². The van der Waals surface area contributed by atoms with E-state index in [9.17, 15) is 0 Å². The Kier molecular flexibility index (Phi) is 3.35. The summed E-state index contributed by atoms with van der Waals surface area (Å²) in [7, 11) is 1.91. The van der Waals surface area contributed by atoms with Gasteiger partial charge in [-0.3, -0.25) is 16.0 Å². The molecule has 1 fully saturated rings. The molecule has 2 atom stereocenters. The van der Waals surface area contributed by atoms with Crippen LogP contribution in [0.5, 0.6) is 0 Å². The van der Waals surface area contributed by atoms with E-state index in [1.807, 2.05) is 19.4 Å². The lowest BCUT2D eigenvalue weighted by Crippen LogP contribution is -2.29. The Morgan fingerprint density at radius 1 is 1.80 bits per heavy atom. The zero-order valence-electron chi connectivity index (χ0n) is 9.02. The summed E-state index contributed by atoms with van der Waals surface area (Å²) in [4.78, 5) is 0. The van der Waals surface area contributed by atoms with Crippen LogP contribution in [0.25, 0.3) is 0 Å². The third-order valence-electron chi connectivity index (χ3n) is 2.92. The molecule has 3 N–H and O–H groups in total. The van der Waals surface area contributed by atoms with Gasteiger partial charge in [-0.25, -0.2) is 0 Å². The van der Waals surface area contributed by atoms with Crippen LogP contribution < -0.4 is 11.3 Å². The molecule has 15 heavy (non-hydrogen) atoms. The molecule has 0 aliphatic carbocycles. The summed E-state index contributed by atoms with van der Waals surface area (Å²) < 4.78 is 7.15. The minimum atomic E-state index is 0.186. The average Bonchev–Trinajstić information content (AvgIpc) is 2.85. The number of aromatic nitrogens is 2. The number of hydrogen-bond donors (Lipinski definition) is 2. The topological polar surface area (TPSA) is 65.1 Å². The normalized spacial score (nSPS) is 23.2. The Hall–Kier alpha value is -0.910. The van der Waals surface area contributed by atoms with E-state index in [2.05, 4.69) is 10.5 Å². The van der Waals surface area contributed by atoms with E-state index in [0.717, 1.165) is 31.6 Å². The minimum Gasteiger partial charge on any atom is -0.381 e. The van der Waals surface area contributed by atoms with Crippen LogP contribution in [0.2, 0.25) is 0 Å². The van der Waals surface area contributed by atoms with Crippen LogP contribution in [0.1, 0.15) is 24.4 Å². The van der Waals surface area contributed by atoms with Gasteiger partial charge in [0.15, 0.2) is 0 Å². The standard InChI is InChI=1S/C10H18N4O/c1-14-6-9(5-12-14)10(13-11)4-8-2-3-15-7-8/h5-6,8,10,13H,2-4,7,11H2,1H3. The van der Waals surface area contributed by atoms with Crippen molar-refractivity contribution in [3.05, 3.63) is 18.0 Å². The maximum Gasteiger partial charge on any atom is 0.0538 e. The predicted octanol–water partition coefficient (Wildman–Crippen LogP) is 0.351. The smallest absolute Gasteiger partial charge is 0.0538 e. The van der Waals surface area contributed by atoms with Gasteiger partial charge < -0.3 is 4.74 Å². The Balaban J connectivity index is 1.97. The molecule has 1 aromatic rings. The molecular formula is C10H18N4O. The van der Waals surface area contributed by atoms with E-state index in [-0.39, 0.29) is 6.04 Å². The molecule has 0 spiro atoms. The number of ether oxygens (including phenoxy) is 1. The quantitative estimate of drug-likeness (QED) is 0.556. The third kappa shape index (κ3) is 2.56. The summed E-state index contributed by atoms with van der Waals surface area (Å²) in [6.45, 7) is 1.74. The number of nitrogens with zero attached hydrogens (tertiary/aromatic N) is 2. The van der Waals surface area contributed by atoms with E-state index in [0.29, 0.717) is 5.92 Å². The lowest BCUT2D eigenvalue weighted by atomic mass is 9.96. The molecule has 5 heteroatoms. The van der Waals surface area contributed by atoms with Gasteiger partial charge >= 0.3 is 0 Å². The van der Waals surface area contributed by atoms with Gasteiger partial charge in [0, 0.05) is 38.1 Å². The first-order valence-electron chi connectivity index (χ1n) is 5.32. The zero-order valence-corrected chi connectivity index (χ0v) is 9.02. The Morgan fingerprint density at radius 3 is 3.20 bits per heavy atom. The van der Waals surface area contributed by atoms with Gasteiger partial charge in [0.25, 0.3) is 0 Å². The van der Waals surface area contributed by atoms with Crippen LogP contribution in [0, 0.1) is 5.92 Å². The highest BCUT2D eigenvalue weighted by Crippen LogP contribution is 2.25. The number of nitrogens with one attached hydrogen (secondary N) is 1. The lowest BCUT2D eigenvalue weighted by Gasteiger charge is -2.17. The van der Waals surface area contributed by atoms with E-state index in [1.54, 1.807) is 4.68 Å². The largest absolute Gasteiger partial charge is 0.381 e. The molecule has 1 saturated heterocycles. The minimum absolute atomic E-state index is 0.186. The average molecular weight is 210 g/mol. The highest BCUT2D eigenvalue weighted by molar-refractivity contribution is 5.10. The summed E-state index contributed by atoms with van der Waals surface area (Å²) in [6.07, 6.45) is 6.02. The molecule has 1 aliphatic heterocycles. The highest BCUT2D eigenvalue weighted by Gasteiger charge is 2.21. The fraction of sp³-hybridized carbons (Fsp3) is 0.700. The molecule has 2 heterocycles. The Bertz CT molecular complexity index is 306.